The summed E-state index contributed by atoms with van der Waals surface area (Å²) in [7, 11) is 0. The number of amides is 2. The Morgan fingerprint density at radius 2 is 1.72 bits per heavy atom. The average molecular weight is 360 g/mol. The second-order valence-electron chi connectivity index (χ2n) is 6.13. The monoisotopic (exact) mass is 359 g/mol. The van der Waals surface area contributed by atoms with Gasteiger partial charge < -0.3 is 16.0 Å². The van der Waals surface area contributed by atoms with E-state index in [-0.39, 0.29) is 30.6 Å². The number of benzene rings is 2. The van der Waals surface area contributed by atoms with E-state index in [2.05, 4.69) is 16.0 Å². The van der Waals surface area contributed by atoms with Crippen molar-refractivity contribution in [3.05, 3.63) is 59.2 Å². The Bertz CT molecular complexity index is 778. The molecule has 6 heteroatoms. The van der Waals surface area contributed by atoms with Gasteiger partial charge in [-0.25, -0.2) is 0 Å². The first-order valence-corrected chi connectivity index (χ1v) is 8.02. The number of fused-ring (bicyclic) bond motifs is 1. The van der Waals surface area contributed by atoms with E-state index in [0.717, 1.165) is 28.1 Å². The maximum atomic E-state index is 12.2. The fourth-order valence-corrected chi connectivity index (χ4v) is 2.71. The van der Waals surface area contributed by atoms with Crippen molar-refractivity contribution in [2.45, 2.75) is 32.9 Å². The Hall–Kier alpha value is -2.53. The number of halogens is 1. The Morgan fingerprint density at radius 3 is 2.40 bits per heavy atom. The van der Waals surface area contributed by atoms with Crippen molar-refractivity contribution < 1.29 is 9.59 Å². The van der Waals surface area contributed by atoms with E-state index in [9.17, 15) is 9.59 Å². The second kappa shape index (κ2) is 8.03. The van der Waals surface area contributed by atoms with Crippen molar-refractivity contribution in [1.29, 1.82) is 0 Å². The first-order valence-electron chi connectivity index (χ1n) is 8.02. The molecule has 2 amide bonds. The minimum absolute atomic E-state index is 0. The van der Waals surface area contributed by atoms with Crippen LogP contribution in [0.15, 0.2) is 42.5 Å². The van der Waals surface area contributed by atoms with Crippen LogP contribution in [0.3, 0.4) is 0 Å². The number of rotatable bonds is 4. The topological polar surface area (TPSA) is 70.2 Å². The number of nitrogens with one attached hydrogen (secondary N) is 3. The van der Waals surface area contributed by atoms with E-state index in [1.807, 2.05) is 56.3 Å². The summed E-state index contributed by atoms with van der Waals surface area (Å²) in [6, 6.07) is 13.1. The summed E-state index contributed by atoms with van der Waals surface area (Å²) in [5.74, 6) is -0.334. The number of carbonyl (C=O) groups excluding carboxylic acids is 2. The molecular weight excluding hydrogens is 338 g/mol. The molecule has 1 aliphatic rings. The standard InChI is InChI=1S/C19H21N3O2.ClH/c1-12-8-15-16(9-13(12)2)22-19(24)17(21-15)10-18(23)20-11-14-6-4-3-5-7-14;/h3-9,17,21H,10-11H2,1-2H3,(H,20,23)(H,22,24);1H. The summed E-state index contributed by atoms with van der Waals surface area (Å²) < 4.78 is 0. The van der Waals surface area contributed by atoms with Gasteiger partial charge in [-0.1, -0.05) is 30.3 Å². The molecule has 0 bridgehead atoms. The van der Waals surface area contributed by atoms with E-state index in [1.165, 1.54) is 0 Å². The van der Waals surface area contributed by atoms with E-state index in [4.69, 9.17) is 0 Å². The zero-order valence-electron chi connectivity index (χ0n) is 14.3. The molecule has 5 nitrogen and oxygen atoms in total. The van der Waals surface area contributed by atoms with Crippen LogP contribution >= 0.6 is 12.4 Å². The number of hydrogen-bond acceptors (Lipinski definition) is 3. The van der Waals surface area contributed by atoms with Gasteiger partial charge >= 0.3 is 0 Å². The highest BCUT2D eigenvalue weighted by Crippen LogP contribution is 2.30. The molecule has 0 radical (unpaired) electrons. The normalized spacial score (nSPS) is 15.3. The molecule has 1 heterocycles. The first kappa shape index (κ1) is 18.8. The molecule has 2 aromatic rings. The summed E-state index contributed by atoms with van der Waals surface area (Å²) in [5, 5.41) is 8.90. The fourth-order valence-electron chi connectivity index (χ4n) is 2.71. The summed E-state index contributed by atoms with van der Waals surface area (Å²) >= 11 is 0. The molecule has 0 saturated carbocycles. The molecular formula is C19H22ClN3O2. The molecule has 25 heavy (non-hydrogen) atoms. The minimum Gasteiger partial charge on any atom is -0.372 e. The maximum absolute atomic E-state index is 12.2. The average Bonchev–Trinajstić information content (AvgIpc) is 2.57. The zero-order valence-corrected chi connectivity index (χ0v) is 15.1. The SMILES string of the molecule is Cc1cc2c(cc1C)NC(CC(=O)NCc1ccccc1)C(=O)N2.Cl. The predicted octanol–water partition coefficient (Wildman–Crippen LogP) is 3.16. The van der Waals surface area contributed by atoms with Crippen molar-refractivity contribution in [3.63, 3.8) is 0 Å². The van der Waals surface area contributed by atoms with Gasteiger partial charge in [0.2, 0.25) is 11.8 Å². The number of anilines is 2. The molecule has 1 unspecified atom stereocenters. The van der Waals surface area contributed by atoms with Crippen molar-refractivity contribution in [3.8, 4) is 0 Å². The fraction of sp³-hybridized carbons (Fsp3) is 0.263. The lowest BCUT2D eigenvalue weighted by Gasteiger charge is -2.27. The van der Waals surface area contributed by atoms with Gasteiger partial charge in [-0.15, -0.1) is 12.4 Å². The van der Waals surface area contributed by atoms with E-state index >= 15 is 0 Å². The van der Waals surface area contributed by atoms with Gasteiger partial charge in [-0.2, -0.15) is 0 Å². The smallest absolute Gasteiger partial charge is 0.247 e. The molecule has 0 aliphatic carbocycles. The van der Waals surface area contributed by atoms with Crippen LogP contribution in [0, 0.1) is 13.8 Å². The largest absolute Gasteiger partial charge is 0.372 e. The summed E-state index contributed by atoms with van der Waals surface area (Å²) in [6.45, 7) is 4.49. The summed E-state index contributed by atoms with van der Waals surface area (Å²) in [5.41, 5.74) is 4.92. The molecule has 0 spiro atoms. The van der Waals surface area contributed by atoms with Crippen LogP contribution in [0.25, 0.3) is 0 Å². The van der Waals surface area contributed by atoms with E-state index in [1.54, 1.807) is 0 Å². The van der Waals surface area contributed by atoms with Gasteiger partial charge in [0.1, 0.15) is 6.04 Å². The van der Waals surface area contributed by atoms with Crippen LogP contribution in [-0.2, 0) is 16.1 Å². The minimum atomic E-state index is -0.560. The molecule has 0 fully saturated rings. The number of carbonyl (C=O) groups is 2. The molecule has 1 atom stereocenters. The van der Waals surface area contributed by atoms with Gasteiger partial charge in [0.25, 0.3) is 0 Å². The maximum Gasteiger partial charge on any atom is 0.247 e. The van der Waals surface area contributed by atoms with Crippen LogP contribution in [0.4, 0.5) is 11.4 Å². The molecule has 3 N–H and O–H groups in total. The Balaban J connectivity index is 0.00000225. The van der Waals surface area contributed by atoms with Crippen molar-refractivity contribution in [1.82, 2.24) is 5.32 Å². The highest BCUT2D eigenvalue weighted by molar-refractivity contribution is 6.05. The molecule has 0 saturated heterocycles. The lowest BCUT2D eigenvalue weighted by atomic mass is 10.0. The third-order valence-electron chi connectivity index (χ3n) is 4.26. The molecule has 2 aromatic carbocycles. The molecule has 3 rings (SSSR count). The summed E-state index contributed by atoms with van der Waals surface area (Å²) in [6.07, 6.45) is 0.102. The second-order valence-corrected chi connectivity index (χ2v) is 6.13. The number of aryl methyl sites for hydroxylation is 2. The van der Waals surface area contributed by atoms with E-state index in [0.29, 0.717) is 6.54 Å². The highest BCUT2D eigenvalue weighted by Gasteiger charge is 2.27. The molecule has 0 aromatic heterocycles. The lowest BCUT2D eigenvalue weighted by Crippen LogP contribution is -2.42. The van der Waals surface area contributed by atoms with Crippen molar-refractivity contribution in [2.75, 3.05) is 10.6 Å². The third-order valence-corrected chi connectivity index (χ3v) is 4.26. The zero-order chi connectivity index (χ0) is 17.1. The van der Waals surface area contributed by atoms with Crippen molar-refractivity contribution in [2.24, 2.45) is 0 Å². The summed E-state index contributed by atoms with van der Waals surface area (Å²) in [4.78, 5) is 24.3. The highest BCUT2D eigenvalue weighted by atomic mass is 35.5. The first-order chi connectivity index (χ1) is 11.5. The van der Waals surface area contributed by atoms with Gasteiger partial charge in [-0.3, -0.25) is 9.59 Å². The van der Waals surface area contributed by atoms with Crippen LogP contribution in [0.1, 0.15) is 23.1 Å². The van der Waals surface area contributed by atoms with Gasteiger partial charge in [-0.05, 0) is 42.7 Å². The van der Waals surface area contributed by atoms with Crippen LogP contribution < -0.4 is 16.0 Å². The van der Waals surface area contributed by atoms with Gasteiger partial charge in [0.15, 0.2) is 0 Å². The van der Waals surface area contributed by atoms with Crippen molar-refractivity contribution >= 4 is 35.6 Å². The van der Waals surface area contributed by atoms with E-state index < -0.39 is 6.04 Å². The predicted molar refractivity (Wildman–Crippen MR) is 102 cm³/mol. The van der Waals surface area contributed by atoms with Gasteiger partial charge in [0, 0.05) is 6.54 Å². The Morgan fingerprint density at radius 1 is 1.08 bits per heavy atom. The van der Waals surface area contributed by atoms with Crippen LogP contribution in [0.2, 0.25) is 0 Å². The van der Waals surface area contributed by atoms with Gasteiger partial charge in [0.05, 0.1) is 17.8 Å². The molecule has 132 valence electrons. The Kier molecular flexibility index (Phi) is 6.04. The van der Waals surface area contributed by atoms with Crippen LogP contribution in [0.5, 0.6) is 0 Å². The Labute approximate surface area is 153 Å². The number of hydrogen-bond donors (Lipinski definition) is 3. The van der Waals surface area contributed by atoms with Crippen LogP contribution in [-0.4, -0.2) is 17.9 Å². The lowest BCUT2D eigenvalue weighted by molar-refractivity contribution is -0.125. The molecule has 1 aliphatic heterocycles. The third kappa shape index (κ3) is 4.51. The quantitative estimate of drug-likeness (QED) is 0.785.